The van der Waals surface area contributed by atoms with E-state index in [1.807, 2.05) is 6.07 Å². The van der Waals surface area contributed by atoms with Gasteiger partial charge in [-0.15, -0.1) is 0 Å². The van der Waals surface area contributed by atoms with Crippen LogP contribution in [0.4, 0.5) is 0 Å². The summed E-state index contributed by atoms with van der Waals surface area (Å²) in [5.41, 5.74) is 2.50. The standard InChI is InChI=1S/C14H17NO2.C9H12/c1-10(2)6-5-9-15-13(16)11-7-3-4-8-12(11)14(15)17;1-8(2)9-6-4-3-5-7-9/h3-4,7-8,10H,5-6,9H2,1-2H3;3-8H,1-2H3. The molecule has 26 heavy (non-hydrogen) atoms. The number of carbonyl (C=O) groups excluding carboxylic acids is 2. The molecule has 1 aliphatic heterocycles. The number of nitrogens with zero attached hydrogens (tertiary/aromatic N) is 1. The molecular formula is C23H29NO2. The first kappa shape index (κ1) is 19.9. The highest BCUT2D eigenvalue weighted by molar-refractivity contribution is 6.21. The molecule has 0 aromatic heterocycles. The van der Waals surface area contributed by atoms with Gasteiger partial charge >= 0.3 is 0 Å². The van der Waals surface area contributed by atoms with E-state index in [0.29, 0.717) is 29.5 Å². The van der Waals surface area contributed by atoms with Crippen LogP contribution < -0.4 is 0 Å². The van der Waals surface area contributed by atoms with Crippen molar-refractivity contribution in [3.63, 3.8) is 0 Å². The Morgan fingerprint density at radius 2 is 1.27 bits per heavy atom. The van der Waals surface area contributed by atoms with Crippen LogP contribution in [0.1, 0.15) is 72.7 Å². The molecule has 0 saturated carbocycles. The van der Waals surface area contributed by atoms with Gasteiger partial charge in [-0.25, -0.2) is 0 Å². The number of fused-ring (bicyclic) bond motifs is 1. The van der Waals surface area contributed by atoms with E-state index < -0.39 is 0 Å². The van der Waals surface area contributed by atoms with Crippen LogP contribution in [0.2, 0.25) is 0 Å². The molecule has 3 rings (SSSR count). The van der Waals surface area contributed by atoms with Gasteiger partial charge in [-0.3, -0.25) is 14.5 Å². The minimum Gasteiger partial charge on any atom is -0.274 e. The summed E-state index contributed by atoms with van der Waals surface area (Å²) in [7, 11) is 0. The molecule has 2 amide bonds. The zero-order valence-corrected chi connectivity index (χ0v) is 16.2. The van der Waals surface area contributed by atoms with Crippen LogP contribution in [-0.4, -0.2) is 23.3 Å². The first-order valence-corrected chi connectivity index (χ1v) is 9.42. The second-order valence-electron chi connectivity index (χ2n) is 7.41. The summed E-state index contributed by atoms with van der Waals surface area (Å²) in [6.45, 7) is 9.22. The van der Waals surface area contributed by atoms with Gasteiger partial charge in [0.05, 0.1) is 11.1 Å². The van der Waals surface area contributed by atoms with E-state index in [2.05, 4.69) is 52.0 Å². The maximum atomic E-state index is 12.0. The van der Waals surface area contributed by atoms with Gasteiger partial charge < -0.3 is 0 Å². The second-order valence-corrected chi connectivity index (χ2v) is 7.41. The first-order chi connectivity index (χ1) is 12.4. The number of carbonyl (C=O) groups is 2. The van der Waals surface area contributed by atoms with Gasteiger partial charge in [0.25, 0.3) is 11.8 Å². The minimum atomic E-state index is -0.144. The molecule has 0 radical (unpaired) electrons. The smallest absolute Gasteiger partial charge is 0.261 e. The number of hydrogen-bond donors (Lipinski definition) is 0. The van der Waals surface area contributed by atoms with Crippen LogP contribution in [0.5, 0.6) is 0 Å². The van der Waals surface area contributed by atoms with E-state index in [1.54, 1.807) is 24.3 Å². The van der Waals surface area contributed by atoms with Crippen molar-refractivity contribution in [2.75, 3.05) is 6.54 Å². The Kier molecular flexibility index (Phi) is 7.14. The van der Waals surface area contributed by atoms with Crippen LogP contribution in [0.25, 0.3) is 0 Å². The normalized spacial score (nSPS) is 13.1. The van der Waals surface area contributed by atoms with Crippen LogP contribution >= 0.6 is 0 Å². The summed E-state index contributed by atoms with van der Waals surface area (Å²) in [6, 6.07) is 17.5. The summed E-state index contributed by atoms with van der Waals surface area (Å²) < 4.78 is 0. The van der Waals surface area contributed by atoms with E-state index in [9.17, 15) is 9.59 Å². The fourth-order valence-corrected chi connectivity index (χ4v) is 2.94. The molecule has 0 unspecified atom stereocenters. The van der Waals surface area contributed by atoms with E-state index in [1.165, 1.54) is 10.5 Å². The summed E-state index contributed by atoms with van der Waals surface area (Å²) >= 11 is 0. The zero-order chi connectivity index (χ0) is 19.1. The summed E-state index contributed by atoms with van der Waals surface area (Å²) in [5, 5.41) is 0. The summed E-state index contributed by atoms with van der Waals surface area (Å²) in [6.07, 6.45) is 1.91. The number of imide groups is 1. The quantitative estimate of drug-likeness (QED) is 0.664. The fraction of sp³-hybridized carbons (Fsp3) is 0.391. The Labute approximate surface area is 157 Å². The topological polar surface area (TPSA) is 37.4 Å². The molecular weight excluding hydrogens is 322 g/mol. The van der Waals surface area contributed by atoms with Crippen molar-refractivity contribution in [2.45, 2.75) is 46.5 Å². The zero-order valence-electron chi connectivity index (χ0n) is 16.2. The second kappa shape index (κ2) is 9.33. The van der Waals surface area contributed by atoms with Gasteiger partial charge in [0.1, 0.15) is 0 Å². The molecule has 138 valence electrons. The van der Waals surface area contributed by atoms with Gasteiger partial charge in [-0.05, 0) is 42.4 Å². The third kappa shape index (κ3) is 5.04. The Balaban J connectivity index is 0.000000228. The van der Waals surface area contributed by atoms with Gasteiger partial charge in [-0.2, -0.15) is 0 Å². The largest absolute Gasteiger partial charge is 0.274 e. The number of rotatable bonds is 5. The predicted molar refractivity (Wildman–Crippen MR) is 106 cm³/mol. The van der Waals surface area contributed by atoms with Crippen LogP contribution in [0.3, 0.4) is 0 Å². The molecule has 1 aliphatic rings. The molecule has 0 spiro atoms. The average molecular weight is 351 g/mol. The fourth-order valence-electron chi connectivity index (χ4n) is 2.94. The molecule has 2 aromatic carbocycles. The van der Waals surface area contributed by atoms with Gasteiger partial charge in [0.15, 0.2) is 0 Å². The molecule has 0 saturated heterocycles. The van der Waals surface area contributed by atoms with E-state index in [-0.39, 0.29) is 11.8 Å². The summed E-state index contributed by atoms with van der Waals surface area (Å²) in [5.74, 6) is 0.972. The Morgan fingerprint density at radius 3 is 1.69 bits per heavy atom. The molecule has 0 bridgehead atoms. The molecule has 0 fully saturated rings. The lowest BCUT2D eigenvalue weighted by molar-refractivity contribution is 0.0650. The van der Waals surface area contributed by atoms with Crippen LogP contribution in [0, 0.1) is 5.92 Å². The lowest BCUT2D eigenvalue weighted by Gasteiger charge is -2.14. The lowest BCUT2D eigenvalue weighted by atomic mass is 10.0. The SMILES string of the molecule is CC(C)CCCN1C(=O)c2ccccc2C1=O.CC(C)c1ccccc1. The Bertz CT molecular complexity index is 700. The Morgan fingerprint density at radius 1 is 0.769 bits per heavy atom. The lowest BCUT2D eigenvalue weighted by Crippen LogP contribution is -2.30. The van der Waals surface area contributed by atoms with Crippen molar-refractivity contribution >= 4 is 11.8 Å². The van der Waals surface area contributed by atoms with Gasteiger partial charge in [0, 0.05) is 6.54 Å². The molecule has 2 aromatic rings. The summed E-state index contributed by atoms with van der Waals surface area (Å²) in [4.78, 5) is 25.3. The molecule has 3 heteroatoms. The third-order valence-corrected chi connectivity index (χ3v) is 4.51. The molecule has 0 atom stereocenters. The predicted octanol–water partition coefficient (Wildman–Crippen LogP) is 5.53. The van der Waals surface area contributed by atoms with Crippen molar-refractivity contribution in [2.24, 2.45) is 5.92 Å². The van der Waals surface area contributed by atoms with Gasteiger partial charge in [-0.1, -0.05) is 70.2 Å². The van der Waals surface area contributed by atoms with Crippen LogP contribution in [-0.2, 0) is 0 Å². The third-order valence-electron chi connectivity index (χ3n) is 4.51. The van der Waals surface area contributed by atoms with Crippen molar-refractivity contribution in [3.8, 4) is 0 Å². The maximum absolute atomic E-state index is 12.0. The van der Waals surface area contributed by atoms with E-state index in [4.69, 9.17) is 0 Å². The molecule has 1 heterocycles. The van der Waals surface area contributed by atoms with Crippen molar-refractivity contribution in [1.29, 1.82) is 0 Å². The average Bonchev–Trinajstić information content (AvgIpc) is 2.88. The minimum absolute atomic E-state index is 0.144. The highest BCUT2D eigenvalue weighted by Crippen LogP contribution is 2.23. The molecule has 0 N–H and O–H groups in total. The maximum Gasteiger partial charge on any atom is 0.261 e. The number of hydrogen-bond acceptors (Lipinski definition) is 2. The monoisotopic (exact) mass is 351 g/mol. The highest BCUT2D eigenvalue weighted by Gasteiger charge is 2.34. The van der Waals surface area contributed by atoms with Crippen molar-refractivity contribution < 1.29 is 9.59 Å². The highest BCUT2D eigenvalue weighted by atomic mass is 16.2. The number of benzene rings is 2. The molecule has 0 aliphatic carbocycles. The van der Waals surface area contributed by atoms with E-state index in [0.717, 1.165) is 12.8 Å². The van der Waals surface area contributed by atoms with Crippen molar-refractivity contribution in [3.05, 3.63) is 71.3 Å². The Hall–Kier alpha value is -2.42. The number of amides is 2. The molecule has 3 nitrogen and oxygen atoms in total. The van der Waals surface area contributed by atoms with Crippen LogP contribution in [0.15, 0.2) is 54.6 Å². The van der Waals surface area contributed by atoms with E-state index >= 15 is 0 Å². The first-order valence-electron chi connectivity index (χ1n) is 9.42. The van der Waals surface area contributed by atoms with Crippen molar-refractivity contribution in [1.82, 2.24) is 4.90 Å². The van der Waals surface area contributed by atoms with Gasteiger partial charge in [0.2, 0.25) is 0 Å².